The number of hydrogen-bond donors (Lipinski definition) is 1. The summed E-state index contributed by atoms with van der Waals surface area (Å²) in [7, 11) is 1.84. The predicted molar refractivity (Wildman–Crippen MR) is 64.1 cm³/mol. The van der Waals surface area contributed by atoms with Crippen molar-refractivity contribution in [2.75, 3.05) is 26.7 Å². The minimum Gasteiger partial charge on any atom is -0.378 e. The van der Waals surface area contributed by atoms with Crippen LogP contribution in [0.4, 0.5) is 0 Å². The van der Waals surface area contributed by atoms with Gasteiger partial charge in [-0.05, 0) is 24.8 Å². The van der Waals surface area contributed by atoms with Gasteiger partial charge >= 0.3 is 0 Å². The van der Waals surface area contributed by atoms with Crippen LogP contribution in [0.3, 0.4) is 0 Å². The van der Waals surface area contributed by atoms with Crippen LogP contribution in [0, 0.1) is 5.41 Å². The third-order valence-electron chi connectivity index (χ3n) is 3.07. The van der Waals surface area contributed by atoms with Gasteiger partial charge in [0.25, 0.3) is 0 Å². The second-order valence-electron chi connectivity index (χ2n) is 5.46. The highest BCUT2D eigenvalue weighted by atomic mass is 16.5. The number of nitrogens with two attached hydrogens (primary N) is 1. The van der Waals surface area contributed by atoms with Crippen LogP contribution in [0.1, 0.15) is 33.1 Å². The first-order chi connectivity index (χ1) is 7.44. The molecule has 1 unspecified atom stereocenters. The van der Waals surface area contributed by atoms with E-state index in [1.165, 1.54) is 0 Å². The Bertz CT molecular complexity index is 235. The summed E-state index contributed by atoms with van der Waals surface area (Å²) in [5, 5.41) is 0. The van der Waals surface area contributed by atoms with Crippen LogP contribution in [0.25, 0.3) is 0 Å². The van der Waals surface area contributed by atoms with Gasteiger partial charge in [-0.15, -0.1) is 0 Å². The molecule has 0 aromatic heterocycles. The normalized spacial score (nSPS) is 21.1. The maximum Gasteiger partial charge on any atom is 0.224 e. The third kappa shape index (κ3) is 4.10. The second kappa shape index (κ2) is 5.64. The number of carbonyl (C=O) groups is 1. The van der Waals surface area contributed by atoms with Gasteiger partial charge in [-0.25, -0.2) is 0 Å². The molecule has 4 heteroatoms. The highest BCUT2D eigenvalue weighted by Gasteiger charge is 2.24. The molecule has 1 rings (SSSR count). The Balaban J connectivity index is 2.35. The molecule has 0 spiro atoms. The van der Waals surface area contributed by atoms with Crippen molar-refractivity contribution >= 4 is 5.91 Å². The summed E-state index contributed by atoms with van der Waals surface area (Å²) in [5.74, 6) is 0.161. The fraction of sp³-hybridized carbons (Fsp3) is 0.917. The zero-order valence-electron chi connectivity index (χ0n) is 10.7. The lowest BCUT2D eigenvalue weighted by molar-refractivity contribution is -0.133. The Kier molecular flexibility index (Phi) is 4.74. The van der Waals surface area contributed by atoms with Gasteiger partial charge in [0.2, 0.25) is 5.91 Å². The third-order valence-corrected chi connectivity index (χ3v) is 3.07. The van der Waals surface area contributed by atoms with Gasteiger partial charge < -0.3 is 15.4 Å². The minimum absolute atomic E-state index is 0.0130. The summed E-state index contributed by atoms with van der Waals surface area (Å²) in [6.45, 7) is 6.24. The van der Waals surface area contributed by atoms with Gasteiger partial charge in [0.15, 0.2) is 0 Å². The fourth-order valence-corrected chi connectivity index (χ4v) is 1.95. The first-order valence-corrected chi connectivity index (χ1v) is 6.00. The Labute approximate surface area is 98.1 Å². The highest BCUT2D eigenvalue weighted by Crippen LogP contribution is 2.18. The van der Waals surface area contributed by atoms with Crippen molar-refractivity contribution in [3.8, 4) is 0 Å². The Hall–Kier alpha value is -0.610. The first kappa shape index (κ1) is 13.5. The van der Waals surface area contributed by atoms with Crippen LogP contribution >= 0.6 is 0 Å². The average Bonchev–Trinajstić information content (AvgIpc) is 2.69. The Morgan fingerprint density at radius 1 is 1.56 bits per heavy atom. The van der Waals surface area contributed by atoms with Crippen molar-refractivity contribution < 1.29 is 9.53 Å². The highest BCUT2D eigenvalue weighted by molar-refractivity contribution is 5.76. The molecule has 0 aromatic rings. The molecule has 1 aliphatic heterocycles. The van der Waals surface area contributed by atoms with Crippen LogP contribution in [-0.2, 0) is 9.53 Å². The summed E-state index contributed by atoms with van der Waals surface area (Å²) in [5.41, 5.74) is 5.64. The van der Waals surface area contributed by atoms with Crippen LogP contribution < -0.4 is 5.73 Å². The summed E-state index contributed by atoms with van der Waals surface area (Å²) in [6, 6.07) is 0. The monoisotopic (exact) mass is 228 g/mol. The van der Waals surface area contributed by atoms with Gasteiger partial charge in [-0.3, -0.25) is 4.79 Å². The van der Waals surface area contributed by atoms with E-state index >= 15 is 0 Å². The molecule has 4 nitrogen and oxygen atoms in total. The quantitative estimate of drug-likeness (QED) is 0.763. The van der Waals surface area contributed by atoms with Gasteiger partial charge in [-0.1, -0.05) is 13.8 Å². The van der Waals surface area contributed by atoms with Gasteiger partial charge in [0, 0.05) is 20.2 Å². The van der Waals surface area contributed by atoms with Crippen LogP contribution in [0.5, 0.6) is 0 Å². The molecule has 16 heavy (non-hydrogen) atoms. The summed E-state index contributed by atoms with van der Waals surface area (Å²) in [4.78, 5) is 13.7. The lowest BCUT2D eigenvalue weighted by atomic mass is 9.93. The van der Waals surface area contributed by atoms with Crippen LogP contribution in [-0.4, -0.2) is 43.7 Å². The van der Waals surface area contributed by atoms with Crippen LogP contribution in [0.2, 0.25) is 0 Å². The maximum atomic E-state index is 11.9. The van der Waals surface area contributed by atoms with E-state index in [0.29, 0.717) is 19.5 Å². The number of amides is 1. The molecule has 0 aliphatic carbocycles. The van der Waals surface area contributed by atoms with Crippen molar-refractivity contribution in [1.29, 1.82) is 0 Å². The topological polar surface area (TPSA) is 55.6 Å². The number of rotatable bonds is 5. The molecular formula is C12H24N2O2. The zero-order valence-corrected chi connectivity index (χ0v) is 10.7. The van der Waals surface area contributed by atoms with E-state index in [9.17, 15) is 4.79 Å². The molecule has 1 amide bonds. The van der Waals surface area contributed by atoms with Gasteiger partial charge in [0.05, 0.1) is 12.5 Å². The molecule has 2 N–H and O–H groups in total. The van der Waals surface area contributed by atoms with E-state index < -0.39 is 0 Å². The standard InChI is InChI=1S/C12H24N2O2/c1-12(2,8-13)9-14(3)11(15)7-10-5-4-6-16-10/h10H,4-9,13H2,1-3H3. The van der Waals surface area contributed by atoms with Crippen molar-refractivity contribution in [3.05, 3.63) is 0 Å². The number of hydrogen-bond acceptors (Lipinski definition) is 3. The van der Waals surface area contributed by atoms with E-state index in [2.05, 4.69) is 13.8 Å². The van der Waals surface area contributed by atoms with Crippen molar-refractivity contribution in [2.45, 2.75) is 39.2 Å². The van der Waals surface area contributed by atoms with Crippen molar-refractivity contribution in [2.24, 2.45) is 11.1 Å². The van der Waals surface area contributed by atoms with Gasteiger partial charge in [-0.2, -0.15) is 0 Å². The summed E-state index contributed by atoms with van der Waals surface area (Å²) in [6.07, 6.45) is 2.74. The largest absolute Gasteiger partial charge is 0.378 e. The van der Waals surface area contributed by atoms with Crippen LogP contribution in [0.15, 0.2) is 0 Å². The van der Waals surface area contributed by atoms with E-state index in [0.717, 1.165) is 19.4 Å². The maximum absolute atomic E-state index is 11.9. The molecule has 1 heterocycles. The molecule has 0 aromatic carbocycles. The number of ether oxygens (including phenoxy) is 1. The Morgan fingerprint density at radius 3 is 2.75 bits per heavy atom. The van der Waals surface area contributed by atoms with E-state index in [-0.39, 0.29) is 17.4 Å². The number of carbonyl (C=O) groups excluding carboxylic acids is 1. The molecule has 1 atom stereocenters. The summed E-state index contributed by atoms with van der Waals surface area (Å²) >= 11 is 0. The second-order valence-corrected chi connectivity index (χ2v) is 5.46. The molecular weight excluding hydrogens is 204 g/mol. The van der Waals surface area contributed by atoms with Crippen molar-refractivity contribution in [1.82, 2.24) is 4.90 Å². The molecule has 1 saturated heterocycles. The molecule has 94 valence electrons. The SMILES string of the molecule is CN(CC(C)(C)CN)C(=O)CC1CCCO1. The summed E-state index contributed by atoms with van der Waals surface area (Å²) < 4.78 is 5.46. The molecule has 0 saturated carbocycles. The molecule has 0 bridgehead atoms. The van der Waals surface area contributed by atoms with E-state index in [1.54, 1.807) is 4.90 Å². The number of nitrogens with zero attached hydrogens (tertiary/aromatic N) is 1. The minimum atomic E-state index is -0.0130. The molecule has 1 fully saturated rings. The van der Waals surface area contributed by atoms with Gasteiger partial charge in [0.1, 0.15) is 0 Å². The van der Waals surface area contributed by atoms with E-state index in [1.807, 2.05) is 7.05 Å². The first-order valence-electron chi connectivity index (χ1n) is 6.00. The molecule has 0 radical (unpaired) electrons. The zero-order chi connectivity index (χ0) is 12.2. The fourth-order valence-electron chi connectivity index (χ4n) is 1.95. The van der Waals surface area contributed by atoms with Crippen molar-refractivity contribution in [3.63, 3.8) is 0 Å². The predicted octanol–water partition coefficient (Wildman–Crippen LogP) is 0.999. The smallest absolute Gasteiger partial charge is 0.224 e. The lowest BCUT2D eigenvalue weighted by Crippen LogP contribution is -2.40. The molecule has 1 aliphatic rings. The Morgan fingerprint density at radius 2 is 2.25 bits per heavy atom. The lowest BCUT2D eigenvalue weighted by Gasteiger charge is -2.29. The van der Waals surface area contributed by atoms with E-state index in [4.69, 9.17) is 10.5 Å². The average molecular weight is 228 g/mol.